The van der Waals surface area contributed by atoms with Gasteiger partial charge in [0.25, 0.3) is 0 Å². The van der Waals surface area contributed by atoms with E-state index in [1.807, 2.05) is 48.5 Å². The number of primary amides is 1. The zero-order valence-corrected chi connectivity index (χ0v) is 14.8. The highest BCUT2D eigenvalue weighted by Crippen LogP contribution is 2.30. The maximum absolute atomic E-state index is 11.7. The number of carbonyl (C=O) groups is 1. The molecule has 0 unspecified atom stereocenters. The molecule has 0 bridgehead atoms. The van der Waals surface area contributed by atoms with E-state index < -0.39 is 5.91 Å². The van der Waals surface area contributed by atoms with Crippen LogP contribution in [0.5, 0.6) is 0 Å². The van der Waals surface area contributed by atoms with Gasteiger partial charge in [-0.1, -0.05) is 0 Å². The molecule has 0 radical (unpaired) electrons. The van der Waals surface area contributed by atoms with E-state index in [2.05, 4.69) is 20.3 Å². The van der Waals surface area contributed by atoms with Crippen LogP contribution in [0, 0.1) is 6.92 Å². The van der Waals surface area contributed by atoms with Crippen LogP contribution in [0.3, 0.4) is 0 Å². The first-order chi connectivity index (χ1) is 12.5. The molecule has 0 spiro atoms. The molecule has 26 heavy (non-hydrogen) atoms. The van der Waals surface area contributed by atoms with Crippen molar-refractivity contribution in [3.63, 3.8) is 0 Å². The van der Waals surface area contributed by atoms with Crippen LogP contribution in [0.15, 0.2) is 30.5 Å². The van der Waals surface area contributed by atoms with Crippen molar-refractivity contribution in [1.29, 1.82) is 0 Å². The molecule has 0 fully saturated rings. The molecule has 8 heteroatoms. The highest BCUT2D eigenvalue weighted by atomic mass is 16.1. The molecule has 3 aromatic heterocycles. The van der Waals surface area contributed by atoms with E-state index in [9.17, 15) is 4.79 Å². The van der Waals surface area contributed by atoms with Gasteiger partial charge in [-0.3, -0.25) is 14.6 Å². The number of nitrogens with one attached hydrogen (secondary N) is 1. The van der Waals surface area contributed by atoms with E-state index in [0.717, 1.165) is 34.4 Å². The normalized spacial score (nSPS) is 11.3. The van der Waals surface area contributed by atoms with E-state index in [0.29, 0.717) is 17.2 Å². The predicted molar refractivity (Wildman–Crippen MR) is 98.4 cm³/mol. The molecule has 132 valence electrons. The number of carbonyl (C=O) groups excluding carboxylic acids is 1. The van der Waals surface area contributed by atoms with Gasteiger partial charge in [-0.15, -0.1) is 0 Å². The molecule has 0 atom stereocenters. The highest BCUT2D eigenvalue weighted by Gasteiger charge is 2.17. The first-order valence-electron chi connectivity index (χ1n) is 8.34. The zero-order chi connectivity index (χ0) is 18.4. The third-order valence-corrected chi connectivity index (χ3v) is 4.46. The Hall–Kier alpha value is -3.42. The minimum Gasteiger partial charge on any atom is -0.366 e. The molecule has 4 rings (SSSR count). The van der Waals surface area contributed by atoms with E-state index in [4.69, 9.17) is 5.73 Å². The van der Waals surface area contributed by atoms with Gasteiger partial charge in [0.05, 0.1) is 5.69 Å². The monoisotopic (exact) mass is 349 g/mol. The Kier molecular flexibility index (Phi) is 3.61. The third kappa shape index (κ3) is 2.46. The van der Waals surface area contributed by atoms with E-state index in [-0.39, 0.29) is 0 Å². The minimum atomic E-state index is -0.482. The van der Waals surface area contributed by atoms with Gasteiger partial charge in [0, 0.05) is 41.8 Å². The Morgan fingerprint density at radius 2 is 2.12 bits per heavy atom. The molecule has 0 aliphatic rings. The zero-order valence-electron chi connectivity index (χ0n) is 14.8. The van der Waals surface area contributed by atoms with Crippen molar-refractivity contribution in [2.45, 2.75) is 20.4 Å². The molecule has 3 N–H and O–H groups in total. The maximum Gasteiger partial charge on any atom is 0.248 e. The van der Waals surface area contributed by atoms with Gasteiger partial charge in [0.1, 0.15) is 5.69 Å². The van der Waals surface area contributed by atoms with Gasteiger partial charge >= 0.3 is 0 Å². The van der Waals surface area contributed by atoms with Gasteiger partial charge in [-0.05, 0) is 38.1 Å². The summed E-state index contributed by atoms with van der Waals surface area (Å²) < 4.78 is 3.81. The van der Waals surface area contributed by atoms with Gasteiger partial charge in [-0.25, -0.2) is 4.98 Å². The Bertz CT molecular complexity index is 1130. The summed E-state index contributed by atoms with van der Waals surface area (Å²) in [5.41, 5.74) is 9.38. The number of amides is 1. The number of hydrogen-bond acceptors (Lipinski definition) is 4. The molecule has 0 aliphatic carbocycles. The SMILES string of the molecule is CCn1nc(C)cc1-c1nc(-c2cc(C(N)=O)cc3c2ccn3C)n[nH]1. The number of benzene rings is 1. The second-order valence-corrected chi connectivity index (χ2v) is 6.24. The van der Waals surface area contributed by atoms with Crippen LogP contribution in [0.4, 0.5) is 0 Å². The Morgan fingerprint density at radius 3 is 2.85 bits per heavy atom. The van der Waals surface area contributed by atoms with Crippen LogP contribution in [0.1, 0.15) is 23.0 Å². The van der Waals surface area contributed by atoms with Crippen LogP contribution >= 0.6 is 0 Å². The first kappa shape index (κ1) is 16.1. The Balaban J connectivity index is 1.89. The summed E-state index contributed by atoms with van der Waals surface area (Å²) in [6.07, 6.45) is 1.93. The van der Waals surface area contributed by atoms with Crippen LogP contribution in [-0.4, -0.2) is 35.4 Å². The van der Waals surface area contributed by atoms with Gasteiger partial charge in [0.2, 0.25) is 5.91 Å². The number of fused-ring (bicyclic) bond motifs is 1. The Morgan fingerprint density at radius 1 is 1.31 bits per heavy atom. The van der Waals surface area contributed by atoms with Crippen molar-refractivity contribution in [1.82, 2.24) is 29.5 Å². The number of hydrogen-bond donors (Lipinski definition) is 2. The van der Waals surface area contributed by atoms with E-state index in [1.165, 1.54) is 0 Å². The molecular formula is C18H19N7O. The van der Waals surface area contributed by atoms with Crippen LogP contribution in [-0.2, 0) is 13.6 Å². The minimum absolute atomic E-state index is 0.426. The van der Waals surface area contributed by atoms with Gasteiger partial charge < -0.3 is 10.3 Å². The first-order valence-corrected chi connectivity index (χ1v) is 8.34. The summed E-state index contributed by atoms with van der Waals surface area (Å²) in [5, 5.41) is 12.8. The van der Waals surface area contributed by atoms with Crippen molar-refractivity contribution in [3.8, 4) is 22.9 Å². The lowest BCUT2D eigenvalue weighted by Crippen LogP contribution is -2.11. The summed E-state index contributed by atoms with van der Waals surface area (Å²) >= 11 is 0. The molecule has 0 aliphatic heterocycles. The molecule has 0 saturated carbocycles. The van der Waals surface area contributed by atoms with Crippen molar-refractivity contribution in [2.75, 3.05) is 0 Å². The van der Waals surface area contributed by atoms with Crippen molar-refractivity contribution < 1.29 is 4.79 Å². The summed E-state index contributed by atoms with van der Waals surface area (Å²) in [5.74, 6) is 0.668. The quantitative estimate of drug-likeness (QED) is 0.589. The number of rotatable bonds is 4. The van der Waals surface area contributed by atoms with Crippen LogP contribution in [0.25, 0.3) is 33.8 Å². The number of aromatic amines is 1. The lowest BCUT2D eigenvalue weighted by molar-refractivity contribution is 0.100. The predicted octanol–water partition coefficient (Wildman–Crippen LogP) is 2.25. The topological polar surface area (TPSA) is 107 Å². The van der Waals surface area contributed by atoms with Crippen LogP contribution < -0.4 is 5.73 Å². The fourth-order valence-electron chi connectivity index (χ4n) is 3.17. The van der Waals surface area contributed by atoms with Gasteiger partial charge in [-0.2, -0.15) is 10.2 Å². The lowest BCUT2D eigenvalue weighted by atomic mass is 10.0. The highest BCUT2D eigenvalue weighted by molar-refractivity contribution is 6.02. The largest absolute Gasteiger partial charge is 0.366 e. The summed E-state index contributed by atoms with van der Waals surface area (Å²) in [7, 11) is 1.92. The Labute approximate surface area is 149 Å². The molecule has 1 amide bonds. The fraction of sp³-hybridized carbons (Fsp3) is 0.222. The van der Waals surface area contributed by atoms with Crippen molar-refractivity contribution in [3.05, 3.63) is 41.7 Å². The standard InChI is InChI=1S/C18H19N7O/c1-4-25-15(7-10(2)23-25)18-20-17(21-22-18)13-8-11(16(19)26)9-14-12(13)5-6-24(14)3/h5-9H,4H2,1-3H3,(H2,19,26)(H,20,21,22). The molecular weight excluding hydrogens is 330 g/mol. The second kappa shape index (κ2) is 5.83. The smallest absolute Gasteiger partial charge is 0.248 e. The fourth-order valence-corrected chi connectivity index (χ4v) is 3.17. The number of nitrogens with two attached hydrogens (primary N) is 1. The van der Waals surface area contributed by atoms with Crippen molar-refractivity contribution in [2.24, 2.45) is 12.8 Å². The van der Waals surface area contributed by atoms with Crippen molar-refractivity contribution >= 4 is 16.8 Å². The number of aryl methyl sites for hydroxylation is 3. The van der Waals surface area contributed by atoms with Gasteiger partial charge in [0.15, 0.2) is 11.6 Å². The number of nitrogens with zero attached hydrogens (tertiary/aromatic N) is 5. The average molecular weight is 349 g/mol. The average Bonchev–Trinajstić information content (AvgIpc) is 3.32. The molecule has 0 saturated heterocycles. The number of aromatic nitrogens is 6. The van der Waals surface area contributed by atoms with Crippen LogP contribution in [0.2, 0.25) is 0 Å². The number of H-pyrrole nitrogens is 1. The third-order valence-electron chi connectivity index (χ3n) is 4.46. The summed E-state index contributed by atoms with van der Waals surface area (Å²) in [6.45, 7) is 4.70. The lowest BCUT2D eigenvalue weighted by Gasteiger charge is -2.04. The second-order valence-electron chi connectivity index (χ2n) is 6.24. The summed E-state index contributed by atoms with van der Waals surface area (Å²) in [6, 6.07) is 7.46. The molecule has 3 heterocycles. The molecule has 8 nitrogen and oxygen atoms in total. The maximum atomic E-state index is 11.7. The van der Waals surface area contributed by atoms with E-state index in [1.54, 1.807) is 12.1 Å². The van der Waals surface area contributed by atoms with E-state index >= 15 is 0 Å². The summed E-state index contributed by atoms with van der Waals surface area (Å²) in [4.78, 5) is 16.4. The molecule has 4 aromatic rings. The molecule has 1 aromatic carbocycles.